The van der Waals surface area contributed by atoms with Gasteiger partial charge in [-0.15, -0.1) is 0 Å². The molecule has 0 unspecified atom stereocenters. The second kappa shape index (κ2) is 5.85. The van der Waals surface area contributed by atoms with Crippen molar-refractivity contribution in [2.45, 2.75) is 12.8 Å². The highest BCUT2D eigenvalue weighted by Crippen LogP contribution is 2.11. The predicted octanol–water partition coefficient (Wildman–Crippen LogP) is 2.83. The molecule has 0 atom stereocenters. The van der Waals surface area contributed by atoms with Gasteiger partial charge in [-0.1, -0.05) is 6.07 Å². The molecule has 82 valence electrons. The van der Waals surface area contributed by atoms with E-state index in [1.165, 1.54) is 12.1 Å². The summed E-state index contributed by atoms with van der Waals surface area (Å²) in [6.45, 7) is 0. The second-order valence-corrected chi connectivity index (χ2v) is 4.18. The van der Waals surface area contributed by atoms with E-state index in [4.69, 9.17) is 0 Å². The lowest BCUT2D eigenvalue weighted by Gasteiger charge is -2.02. The monoisotopic (exact) mass is 230 g/mol. The first kappa shape index (κ1) is 12.2. The van der Waals surface area contributed by atoms with Gasteiger partial charge in [-0.05, 0) is 23.6 Å². The Morgan fingerprint density at radius 2 is 2.13 bits per heavy atom. The molecular weight excluding hydrogens is 218 g/mol. The topological polar surface area (TPSA) is 17.1 Å². The van der Waals surface area contributed by atoms with Crippen molar-refractivity contribution in [2.75, 3.05) is 12.0 Å². The largest absolute Gasteiger partial charge is 0.299 e. The summed E-state index contributed by atoms with van der Waals surface area (Å²) in [7, 11) is 0. The Morgan fingerprint density at radius 1 is 1.40 bits per heavy atom. The average Bonchev–Trinajstić information content (AvgIpc) is 2.19. The van der Waals surface area contributed by atoms with E-state index in [0.29, 0.717) is 6.42 Å². The van der Waals surface area contributed by atoms with Crippen LogP contribution in [-0.4, -0.2) is 17.8 Å². The molecule has 0 aliphatic carbocycles. The molecule has 0 radical (unpaired) electrons. The van der Waals surface area contributed by atoms with Crippen LogP contribution >= 0.6 is 11.8 Å². The number of carbonyl (C=O) groups is 1. The molecule has 0 saturated heterocycles. The first-order valence-electron chi connectivity index (χ1n) is 4.58. The first-order chi connectivity index (χ1) is 7.13. The van der Waals surface area contributed by atoms with Gasteiger partial charge in [0.25, 0.3) is 0 Å². The molecule has 0 aromatic heterocycles. The summed E-state index contributed by atoms with van der Waals surface area (Å²) >= 11 is 1.57. The van der Waals surface area contributed by atoms with Gasteiger partial charge in [0.05, 0.1) is 0 Å². The molecule has 0 spiro atoms. The highest BCUT2D eigenvalue weighted by molar-refractivity contribution is 7.98. The van der Waals surface area contributed by atoms with Crippen LogP contribution < -0.4 is 0 Å². The lowest BCUT2D eigenvalue weighted by Crippen LogP contribution is -2.05. The van der Waals surface area contributed by atoms with Crippen molar-refractivity contribution < 1.29 is 13.6 Å². The van der Waals surface area contributed by atoms with Gasteiger partial charge in [0.2, 0.25) is 0 Å². The maximum absolute atomic E-state index is 13.1. The minimum absolute atomic E-state index is 0.0186. The molecular formula is C11H12F2OS. The Hall–Kier alpha value is -0.900. The fourth-order valence-corrected chi connectivity index (χ4v) is 1.61. The van der Waals surface area contributed by atoms with Gasteiger partial charge in [-0.3, -0.25) is 4.79 Å². The van der Waals surface area contributed by atoms with Crippen molar-refractivity contribution in [2.24, 2.45) is 0 Å². The van der Waals surface area contributed by atoms with E-state index in [-0.39, 0.29) is 17.8 Å². The zero-order chi connectivity index (χ0) is 11.3. The summed E-state index contributed by atoms with van der Waals surface area (Å²) in [6, 6.07) is 3.29. The van der Waals surface area contributed by atoms with Crippen LogP contribution in [0.3, 0.4) is 0 Å². The molecule has 0 saturated carbocycles. The van der Waals surface area contributed by atoms with E-state index in [2.05, 4.69) is 0 Å². The number of thioether (sulfide) groups is 1. The van der Waals surface area contributed by atoms with E-state index >= 15 is 0 Å². The molecule has 0 N–H and O–H groups in total. The number of benzene rings is 1. The van der Waals surface area contributed by atoms with Crippen LogP contribution in [0.4, 0.5) is 8.78 Å². The average molecular weight is 230 g/mol. The fraction of sp³-hybridized carbons (Fsp3) is 0.364. The lowest BCUT2D eigenvalue weighted by atomic mass is 10.1. The third-order valence-corrected chi connectivity index (χ3v) is 2.60. The number of halogens is 2. The number of hydrogen-bond acceptors (Lipinski definition) is 2. The SMILES string of the molecule is CSCCC(=O)Cc1ccc(F)cc1F. The number of rotatable bonds is 5. The summed E-state index contributed by atoms with van der Waals surface area (Å²) in [5, 5.41) is 0. The van der Waals surface area contributed by atoms with E-state index in [1.54, 1.807) is 11.8 Å². The van der Waals surface area contributed by atoms with Gasteiger partial charge in [0, 0.05) is 18.9 Å². The van der Waals surface area contributed by atoms with Crippen molar-refractivity contribution in [3.05, 3.63) is 35.4 Å². The summed E-state index contributed by atoms with van der Waals surface area (Å²) in [5.74, 6) is -0.545. The molecule has 0 fully saturated rings. The van der Waals surface area contributed by atoms with E-state index in [0.717, 1.165) is 11.8 Å². The smallest absolute Gasteiger partial charge is 0.138 e. The Balaban J connectivity index is 2.60. The van der Waals surface area contributed by atoms with Crippen LogP contribution in [0.25, 0.3) is 0 Å². The second-order valence-electron chi connectivity index (χ2n) is 3.19. The van der Waals surface area contributed by atoms with Gasteiger partial charge < -0.3 is 0 Å². The van der Waals surface area contributed by atoms with E-state index in [1.807, 2.05) is 6.26 Å². The highest BCUT2D eigenvalue weighted by atomic mass is 32.2. The Morgan fingerprint density at radius 3 is 2.73 bits per heavy atom. The quantitative estimate of drug-likeness (QED) is 0.773. The minimum Gasteiger partial charge on any atom is -0.299 e. The van der Waals surface area contributed by atoms with Gasteiger partial charge in [-0.2, -0.15) is 11.8 Å². The summed E-state index contributed by atoms with van der Waals surface area (Å²) in [4.78, 5) is 11.3. The lowest BCUT2D eigenvalue weighted by molar-refractivity contribution is -0.118. The molecule has 0 aliphatic heterocycles. The number of Topliss-reactive ketones (excluding diaryl/α,β-unsaturated/α-hetero) is 1. The van der Waals surface area contributed by atoms with Crippen molar-refractivity contribution in [1.29, 1.82) is 0 Å². The predicted molar refractivity (Wildman–Crippen MR) is 58.1 cm³/mol. The van der Waals surface area contributed by atoms with E-state index < -0.39 is 11.6 Å². The molecule has 1 aromatic carbocycles. The molecule has 4 heteroatoms. The van der Waals surface area contributed by atoms with Crippen molar-refractivity contribution in [1.82, 2.24) is 0 Å². The summed E-state index contributed by atoms with van der Waals surface area (Å²) < 4.78 is 25.7. The molecule has 15 heavy (non-hydrogen) atoms. The number of carbonyl (C=O) groups excluding carboxylic acids is 1. The Kier molecular flexibility index (Phi) is 4.75. The van der Waals surface area contributed by atoms with Crippen LogP contribution in [0.1, 0.15) is 12.0 Å². The van der Waals surface area contributed by atoms with E-state index in [9.17, 15) is 13.6 Å². The first-order valence-corrected chi connectivity index (χ1v) is 5.97. The summed E-state index contributed by atoms with van der Waals surface area (Å²) in [6.07, 6.45) is 2.39. The standard InChI is InChI=1S/C11H12F2OS/c1-15-5-4-10(14)6-8-2-3-9(12)7-11(8)13/h2-3,7H,4-6H2,1H3. The zero-order valence-electron chi connectivity index (χ0n) is 8.43. The van der Waals surface area contributed by atoms with Crippen LogP contribution in [0.2, 0.25) is 0 Å². The summed E-state index contributed by atoms with van der Waals surface area (Å²) in [5.41, 5.74) is 0.266. The van der Waals surface area contributed by atoms with Gasteiger partial charge in [0.1, 0.15) is 17.4 Å². The molecule has 1 rings (SSSR count). The van der Waals surface area contributed by atoms with Crippen LogP contribution in [0.15, 0.2) is 18.2 Å². The van der Waals surface area contributed by atoms with Crippen LogP contribution in [0, 0.1) is 11.6 Å². The molecule has 0 amide bonds. The van der Waals surface area contributed by atoms with Crippen molar-refractivity contribution in [3.63, 3.8) is 0 Å². The van der Waals surface area contributed by atoms with Gasteiger partial charge in [0.15, 0.2) is 0 Å². The normalized spacial score (nSPS) is 10.3. The molecule has 0 aliphatic rings. The van der Waals surface area contributed by atoms with Crippen LogP contribution in [-0.2, 0) is 11.2 Å². The van der Waals surface area contributed by atoms with Crippen molar-refractivity contribution >= 4 is 17.5 Å². The maximum Gasteiger partial charge on any atom is 0.138 e. The third-order valence-electron chi connectivity index (χ3n) is 1.99. The fourth-order valence-electron chi connectivity index (χ4n) is 1.18. The molecule has 1 aromatic rings. The molecule has 1 nitrogen and oxygen atoms in total. The maximum atomic E-state index is 13.1. The number of hydrogen-bond donors (Lipinski definition) is 0. The van der Waals surface area contributed by atoms with Gasteiger partial charge in [-0.25, -0.2) is 8.78 Å². The van der Waals surface area contributed by atoms with Gasteiger partial charge >= 0.3 is 0 Å². The minimum atomic E-state index is -0.646. The van der Waals surface area contributed by atoms with Crippen molar-refractivity contribution in [3.8, 4) is 0 Å². The Labute approximate surface area is 91.9 Å². The number of ketones is 1. The highest BCUT2D eigenvalue weighted by Gasteiger charge is 2.08. The Bertz CT molecular complexity index is 352. The zero-order valence-corrected chi connectivity index (χ0v) is 9.24. The molecule has 0 bridgehead atoms. The molecule has 0 heterocycles. The third kappa shape index (κ3) is 4.00. The van der Waals surface area contributed by atoms with Crippen LogP contribution in [0.5, 0.6) is 0 Å².